The minimum absolute atomic E-state index is 0.214. The van der Waals surface area contributed by atoms with Gasteiger partial charge in [-0.25, -0.2) is 0 Å². The third-order valence-electron chi connectivity index (χ3n) is 2.11. The number of hydrogen-bond donors (Lipinski definition) is 1. The summed E-state index contributed by atoms with van der Waals surface area (Å²) in [7, 11) is -3.56. The van der Waals surface area contributed by atoms with Crippen LogP contribution in [0.15, 0.2) is 10.3 Å². The molecule has 122 valence electrons. The van der Waals surface area contributed by atoms with E-state index in [1.165, 1.54) is 0 Å². The Morgan fingerprint density at radius 1 is 1.05 bits per heavy atom. The van der Waals surface area contributed by atoms with Gasteiger partial charge in [-0.05, 0) is 52.6 Å². The molecule has 8 heteroatoms. The Bertz CT molecular complexity index is 409. The van der Waals surface area contributed by atoms with Gasteiger partial charge >= 0.3 is 0 Å². The van der Waals surface area contributed by atoms with Crippen LogP contribution < -0.4 is 0 Å². The highest BCUT2D eigenvalue weighted by atomic mass is 28.4. The van der Waals surface area contributed by atoms with Gasteiger partial charge in [0.2, 0.25) is 8.32 Å². The summed E-state index contributed by atoms with van der Waals surface area (Å²) in [5, 5.41) is 16.3. The Hall–Kier alpha value is -1.16. The summed E-state index contributed by atoms with van der Waals surface area (Å²) in [5.74, 6) is -0.247. The van der Waals surface area contributed by atoms with Crippen LogP contribution in [0.3, 0.4) is 0 Å². The molecule has 0 saturated carbocycles. The van der Waals surface area contributed by atoms with E-state index in [0.717, 1.165) is 5.71 Å². The van der Waals surface area contributed by atoms with Gasteiger partial charge in [-0.1, -0.05) is 5.16 Å². The van der Waals surface area contributed by atoms with Crippen molar-refractivity contribution in [3.05, 3.63) is 0 Å². The van der Waals surface area contributed by atoms with Crippen molar-refractivity contribution in [1.82, 2.24) is 0 Å². The van der Waals surface area contributed by atoms with Gasteiger partial charge in [0.1, 0.15) is 0 Å². The molecule has 0 saturated heterocycles. The van der Waals surface area contributed by atoms with E-state index >= 15 is 0 Å². The summed E-state index contributed by atoms with van der Waals surface area (Å²) in [5.41, 5.74) is 1.23. The molecule has 0 atom stereocenters. The fraction of sp³-hybridized carbons (Fsp3) is 0.769. The second kappa shape index (κ2) is 8.33. The van der Waals surface area contributed by atoms with Crippen LogP contribution in [-0.4, -0.2) is 39.2 Å². The summed E-state index contributed by atoms with van der Waals surface area (Å²) >= 11 is 0. The predicted octanol–water partition coefficient (Wildman–Crippen LogP) is 3.59. The van der Waals surface area contributed by atoms with Gasteiger partial charge in [-0.2, -0.15) is 0 Å². The summed E-state index contributed by atoms with van der Waals surface area (Å²) in [6, 6.07) is 0. The number of hydrogen-bond acceptors (Lipinski definition) is 6. The average molecular weight is 333 g/mol. The van der Waals surface area contributed by atoms with E-state index in [0.29, 0.717) is 18.6 Å². The molecule has 0 radical (unpaired) electrons. The van der Waals surface area contributed by atoms with Gasteiger partial charge in [0.25, 0.3) is 14.3 Å². The van der Waals surface area contributed by atoms with Gasteiger partial charge in [0.05, 0.1) is 11.4 Å². The molecular formula is C13H28N2O4Si2. The van der Waals surface area contributed by atoms with Crippen molar-refractivity contribution in [2.24, 2.45) is 10.3 Å². The molecule has 0 bridgehead atoms. The quantitative estimate of drug-likeness (QED) is 0.319. The Labute approximate surface area is 129 Å². The molecule has 0 aromatic heterocycles. The number of carbonyl (C=O) groups excluding carboxylic acids is 1. The van der Waals surface area contributed by atoms with Crippen molar-refractivity contribution in [3.8, 4) is 0 Å². The third-order valence-corrected chi connectivity index (χ3v) is 3.59. The zero-order chi connectivity index (χ0) is 16.7. The lowest BCUT2D eigenvalue weighted by Crippen LogP contribution is -2.29. The van der Waals surface area contributed by atoms with E-state index in [1.807, 2.05) is 46.2 Å². The van der Waals surface area contributed by atoms with Crippen molar-refractivity contribution >= 4 is 34.0 Å². The number of oxime groups is 2. The van der Waals surface area contributed by atoms with Gasteiger partial charge in [-0.3, -0.25) is 4.79 Å². The maximum Gasteiger partial charge on any atom is 0.292 e. The van der Waals surface area contributed by atoms with Crippen LogP contribution in [0, 0.1) is 0 Å². The van der Waals surface area contributed by atoms with E-state index in [4.69, 9.17) is 14.2 Å². The van der Waals surface area contributed by atoms with E-state index in [2.05, 4.69) is 10.3 Å². The predicted molar refractivity (Wildman–Crippen MR) is 90.1 cm³/mol. The molecule has 0 unspecified atom stereocenters. The summed E-state index contributed by atoms with van der Waals surface area (Å²) < 4.78 is 10.8. The molecular weight excluding hydrogens is 304 g/mol. The lowest BCUT2D eigenvalue weighted by molar-refractivity contribution is -0.134. The first kappa shape index (κ1) is 19.8. The maximum atomic E-state index is 11.6. The van der Waals surface area contributed by atoms with Gasteiger partial charge in [0.15, 0.2) is 0 Å². The van der Waals surface area contributed by atoms with Crippen molar-refractivity contribution in [1.29, 1.82) is 0 Å². The summed E-state index contributed by atoms with van der Waals surface area (Å²) in [6.07, 6.45) is 0.965. The molecule has 21 heavy (non-hydrogen) atoms. The standard InChI is InChI=1S/C13H28N2O4Si2/c1-11(15-19-21(5,6)7)10-12(14-17)8-9-13(16)18-20(2,3)4/h17H,8-10H2,1-7H3/b14-12-,15-11+. The highest BCUT2D eigenvalue weighted by molar-refractivity contribution is 6.71. The highest BCUT2D eigenvalue weighted by Gasteiger charge is 2.20. The van der Waals surface area contributed by atoms with Gasteiger partial charge < -0.3 is 14.2 Å². The molecule has 0 aliphatic carbocycles. The lowest BCUT2D eigenvalue weighted by Gasteiger charge is -2.17. The van der Waals surface area contributed by atoms with Crippen LogP contribution in [0.4, 0.5) is 0 Å². The first-order valence-electron chi connectivity index (χ1n) is 7.06. The van der Waals surface area contributed by atoms with Crippen LogP contribution in [0.2, 0.25) is 39.3 Å². The molecule has 0 amide bonds. The van der Waals surface area contributed by atoms with Crippen LogP contribution in [-0.2, 0) is 13.7 Å². The van der Waals surface area contributed by atoms with Crippen molar-refractivity contribution < 1.29 is 19.0 Å². The second-order valence-electron chi connectivity index (χ2n) is 6.96. The molecule has 0 aromatic carbocycles. The normalized spacial score (nSPS) is 14.0. The van der Waals surface area contributed by atoms with Crippen molar-refractivity contribution in [3.63, 3.8) is 0 Å². The van der Waals surface area contributed by atoms with Crippen molar-refractivity contribution in [2.75, 3.05) is 0 Å². The number of carbonyl (C=O) groups is 1. The molecule has 0 aromatic rings. The van der Waals surface area contributed by atoms with Gasteiger partial charge in [-0.15, -0.1) is 5.16 Å². The summed E-state index contributed by atoms with van der Waals surface area (Å²) in [4.78, 5) is 11.6. The van der Waals surface area contributed by atoms with E-state index < -0.39 is 16.6 Å². The van der Waals surface area contributed by atoms with Crippen molar-refractivity contribution in [2.45, 2.75) is 65.5 Å². The molecule has 0 fully saturated rings. The monoisotopic (exact) mass is 332 g/mol. The van der Waals surface area contributed by atoms with Crippen LogP contribution in [0.5, 0.6) is 0 Å². The average Bonchev–Trinajstić information content (AvgIpc) is 2.28. The first-order valence-corrected chi connectivity index (χ1v) is 13.9. The zero-order valence-electron chi connectivity index (χ0n) is 14.2. The molecule has 6 nitrogen and oxygen atoms in total. The highest BCUT2D eigenvalue weighted by Crippen LogP contribution is 2.09. The summed E-state index contributed by atoms with van der Waals surface area (Å²) in [6.45, 7) is 13.8. The Morgan fingerprint density at radius 2 is 1.62 bits per heavy atom. The van der Waals surface area contributed by atoms with Crippen LogP contribution >= 0.6 is 0 Å². The van der Waals surface area contributed by atoms with E-state index in [9.17, 15) is 4.79 Å². The largest absolute Gasteiger partial charge is 0.520 e. The molecule has 0 aliphatic heterocycles. The Kier molecular flexibility index (Phi) is 7.87. The topological polar surface area (TPSA) is 80.5 Å². The van der Waals surface area contributed by atoms with Crippen LogP contribution in [0.25, 0.3) is 0 Å². The first-order chi connectivity index (χ1) is 9.43. The smallest absolute Gasteiger partial charge is 0.292 e. The Morgan fingerprint density at radius 3 is 2.05 bits per heavy atom. The molecule has 0 rings (SSSR count). The molecule has 0 aliphatic rings. The molecule has 0 spiro atoms. The SMILES string of the molecule is C/C(C/C(CCC(=O)O[Si](C)(C)C)=N\O)=N\O[Si](C)(C)C. The Balaban J connectivity index is 4.33. The minimum atomic E-state index is -1.86. The minimum Gasteiger partial charge on any atom is -0.520 e. The number of nitrogens with zero attached hydrogens (tertiary/aromatic N) is 2. The molecule has 1 N–H and O–H groups in total. The zero-order valence-corrected chi connectivity index (χ0v) is 16.2. The lowest BCUT2D eigenvalue weighted by atomic mass is 10.1. The maximum absolute atomic E-state index is 11.6. The second-order valence-corrected chi connectivity index (χ2v) is 15.8. The van der Waals surface area contributed by atoms with Gasteiger partial charge in [0, 0.05) is 12.8 Å². The fourth-order valence-electron chi connectivity index (χ4n) is 1.36. The van der Waals surface area contributed by atoms with E-state index in [1.54, 1.807) is 0 Å². The third kappa shape index (κ3) is 12.3. The fourth-order valence-corrected chi connectivity index (χ4v) is 2.57. The molecule has 0 heterocycles. The number of rotatable bonds is 8. The van der Waals surface area contributed by atoms with E-state index in [-0.39, 0.29) is 12.4 Å². The van der Waals surface area contributed by atoms with Crippen LogP contribution in [0.1, 0.15) is 26.2 Å².